The lowest BCUT2D eigenvalue weighted by atomic mass is 9.94. The highest BCUT2D eigenvalue weighted by molar-refractivity contribution is 6.42. The van der Waals surface area contributed by atoms with Gasteiger partial charge in [-0.2, -0.15) is 13.2 Å². The monoisotopic (exact) mass is 417 g/mol. The summed E-state index contributed by atoms with van der Waals surface area (Å²) in [6.45, 7) is 0.456. The molecule has 1 heterocycles. The van der Waals surface area contributed by atoms with E-state index in [1.807, 2.05) is 0 Å². The third kappa shape index (κ3) is 4.23. The average molecular weight is 418 g/mol. The zero-order chi connectivity index (χ0) is 19.8. The van der Waals surface area contributed by atoms with E-state index in [1.54, 1.807) is 29.2 Å². The minimum atomic E-state index is -4.49. The highest BCUT2D eigenvalue weighted by Gasteiger charge is 2.38. The first-order valence-electron chi connectivity index (χ1n) is 8.29. The quantitative estimate of drug-likeness (QED) is 0.698. The molecule has 2 atom stereocenters. The fourth-order valence-electron chi connectivity index (χ4n) is 3.51. The number of carboxylic acid groups (broad SMARTS) is 1. The van der Waals surface area contributed by atoms with E-state index in [0.717, 1.165) is 12.1 Å². The molecule has 27 heavy (non-hydrogen) atoms. The number of alkyl halides is 3. The Morgan fingerprint density at radius 3 is 2.44 bits per heavy atom. The number of likely N-dealkylation sites (tertiary alicyclic amines) is 1. The standard InChI is InChI=1S/C19H16Cl2F3NO2/c20-14-7-6-12(10-15(14)21)17(25-8-2-5-16(25)18(26)27)11-3-1-4-13(9-11)19(22,23)24/h1,3-4,6-7,9-10,16-17H,2,5,8H2,(H,26,27). The third-order valence-corrected chi connectivity index (χ3v) is 5.44. The van der Waals surface area contributed by atoms with Crippen LogP contribution in [0.1, 0.15) is 35.6 Å². The molecule has 8 heteroatoms. The molecule has 1 aliphatic heterocycles. The number of hydrogen-bond acceptors (Lipinski definition) is 2. The Morgan fingerprint density at radius 1 is 1.11 bits per heavy atom. The van der Waals surface area contributed by atoms with E-state index in [4.69, 9.17) is 23.2 Å². The van der Waals surface area contributed by atoms with Crippen LogP contribution in [-0.2, 0) is 11.0 Å². The highest BCUT2D eigenvalue weighted by atomic mass is 35.5. The number of hydrogen-bond donors (Lipinski definition) is 1. The summed E-state index contributed by atoms with van der Waals surface area (Å²) in [5.74, 6) is -0.996. The second-order valence-electron chi connectivity index (χ2n) is 6.43. The smallest absolute Gasteiger partial charge is 0.416 e. The van der Waals surface area contributed by atoms with E-state index in [0.29, 0.717) is 35.5 Å². The van der Waals surface area contributed by atoms with Gasteiger partial charge in [0.25, 0.3) is 0 Å². The maximum absolute atomic E-state index is 13.2. The molecule has 144 valence electrons. The predicted octanol–water partition coefficient (Wildman–Crippen LogP) is 5.65. The number of nitrogens with zero attached hydrogens (tertiary/aromatic N) is 1. The third-order valence-electron chi connectivity index (χ3n) is 4.70. The van der Waals surface area contributed by atoms with Gasteiger partial charge >= 0.3 is 12.1 Å². The van der Waals surface area contributed by atoms with Crippen molar-refractivity contribution in [1.82, 2.24) is 4.90 Å². The van der Waals surface area contributed by atoms with Crippen LogP contribution in [0, 0.1) is 0 Å². The topological polar surface area (TPSA) is 40.5 Å². The molecule has 1 N–H and O–H groups in total. The Bertz CT molecular complexity index is 857. The van der Waals surface area contributed by atoms with Crippen molar-refractivity contribution in [1.29, 1.82) is 0 Å². The molecule has 2 aromatic carbocycles. The zero-order valence-electron chi connectivity index (χ0n) is 14.0. The van der Waals surface area contributed by atoms with Gasteiger partial charge in [0.05, 0.1) is 21.7 Å². The number of aliphatic carboxylic acids is 1. The van der Waals surface area contributed by atoms with Crippen LogP contribution < -0.4 is 0 Å². The molecule has 0 bridgehead atoms. The van der Waals surface area contributed by atoms with E-state index >= 15 is 0 Å². The Labute approximate surface area is 164 Å². The van der Waals surface area contributed by atoms with Crippen LogP contribution in [-0.4, -0.2) is 28.6 Å². The zero-order valence-corrected chi connectivity index (χ0v) is 15.5. The fraction of sp³-hybridized carbons (Fsp3) is 0.316. The molecule has 1 aliphatic rings. The first-order chi connectivity index (χ1) is 12.7. The molecule has 1 saturated heterocycles. The summed E-state index contributed by atoms with van der Waals surface area (Å²) in [4.78, 5) is 13.4. The molecule has 1 fully saturated rings. The van der Waals surface area contributed by atoms with E-state index in [1.165, 1.54) is 6.07 Å². The van der Waals surface area contributed by atoms with Crippen LogP contribution in [0.15, 0.2) is 42.5 Å². The number of carbonyl (C=O) groups is 1. The van der Waals surface area contributed by atoms with Gasteiger partial charge in [-0.15, -0.1) is 0 Å². The molecule has 0 aromatic heterocycles. The lowest BCUT2D eigenvalue weighted by Gasteiger charge is -2.32. The van der Waals surface area contributed by atoms with Gasteiger partial charge < -0.3 is 5.11 Å². The largest absolute Gasteiger partial charge is 0.480 e. The minimum Gasteiger partial charge on any atom is -0.480 e. The summed E-state index contributed by atoms with van der Waals surface area (Å²) in [5.41, 5.74) is 0.171. The summed E-state index contributed by atoms with van der Waals surface area (Å²) in [5, 5.41) is 10.1. The fourth-order valence-corrected chi connectivity index (χ4v) is 3.81. The predicted molar refractivity (Wildman–Crippen MR) is 97.1 cm³/mol. The second kappa shape index (κ2) is 7.70. The number of rotatable bonds is 4. The van der Waals surface area contributed by atoms with Gasteiger partial charge in [-0.25, -0.2) is 0 Å². The Kier molecular flexibility index (Phi) is 5.70. The number of halogens is 5. The first-order valence-corrected chi connectivity index (χ1v) is 9.04. The van der Waals surface area contributed by atoms with Crippen LogP contribution in [0.25, 0.3) is 0 Å². The van der Waals surface area contributed by atoms with Gasteiger partial charge in [0.2, 0.25) is 0 Å². The lowest BCUT2D eigenvalue weighted by molar-refractivity contribution is -0.143. The van der Waals surface area contributed by atoms with Crippen molar-refractivity contribution in [3.63, 3.8) is 0 Å². The lowest BCUT2D eigenvalue weighted by Crippen LogP contribution is -2.39. The summed E-state index contributed by atoms with van der Waals surface area (Å²) in [6, 6.07) is 8.30. The van der Waals surface area contributed by atoms with Crippen molar-refractivity contribution in [3.8, 4) is 0 Å². The van der Waals surface area contributed by atoms with Crippen LogP contribution >= 0.6 is 23.2 Å². The number of benzene rings is 2. The normalized spacial score (nSPS) is 19.2. The van der Waals surface area contributed by atoms with Crippen molar-refractivity contribution in [2.75, 3.05) is 6.54 Å². The molecule has 3 nitrogen and oxygen atoms in total. The summed E-state index contributed by atoms with van der Waals surface area (Å²) < 4.78 is 39.6. The van der Waals surface area contributed by atoms with Gasteiger partial charge in [0.1, 0.15) is 6.04 Å². The van der Waals surface area contributed by atoms with Crippen molar-refractivity contribution in [3.05, 3.63) is 69.2 Å². The molecular weight excluding hydrogens is 402 g/mol. The van der Waals surface area contributed by atoms with Gasteiger partial charge in [-0.3, -0.25) is 9.69 Å². The van der Waals surface area contributed by atoms with Crippen molar-refractivity contribution >= 4 is 29.2 Å². The van der Waals surface area contributed by atoms with E-state index in [-0.39, 0.29) is 5.02 Å². The van der Waals surface area contributed by atoms with Crippen molar-refractivity contribution < 1.29 is 23.1 Å². The Balaban J connectivity index is 2.13. The summed E-state index contributed by atoms with van der Waals surface area (Å²) in [6.07, 6.45) is -3.41. The summed E-state index contributed by atoms with van der Waals surface area (Å²) >= 11 is 12.1. The summed E-state index contributed by atoms with van der Waals surface area (Å²) in [7, 11) is 0. The molecule has 0 amide bonds. The van der Waals surface area contributed by atoms with Gasteiger partial charge in [-0.05, 0) is 48.2 Å². The van der Waals surface area contributed by atoms with Gasteiger partial charge in [-0.1, -0.05) is 41.4 Å². The highest BCUT2D eigenvalue weighted by Crippen LogP contribution is 2.39. The average Bonchev–Trinajstić information content (AvgIpc) is 3.07. The van der Waals surface area contributed by atoms with Crippen LogP contribution in [0.3, 0.4) is 0 Å². The molecule has 0 aliphatic carbocycles. The van der Waals surface area contributed by atoms with Gasteiger partial charge in [0.15, 0.2) is 0 Å². The maximum atomic E-state index is 13.2. The van der Waals surface area contributed by atoms with Crippen LogP contribution in [0.4, 0.5) is 13.2 Å². The van der Waals surface area contributed by atoms with Gasteiger partial charge in [0, 0.05) is 6.54 Å². The van der Waals surface area contributed by atoms with E-state index < -0.39 is 29.8 Å². The molecule has 0 radical (unpaired) electrons. The first kappa shape index (κ1) is 20.0. The van der Waals surface area contributed by atoms with Crippen molar-refractivity contribution in [2.24, 2.45) is 0 Å². The van der Waals surface area contributed by atoms with Crippen LogP contribution in [0.5, 0.6) is 0 Å². The molecule has 2 unspecified atom stereocenters. The molecule has 2 aromatic rings. The Hall–Kier alpha value is -1.76. The molecule has 3 rings (SSSR count). The second-order valence-corrected chi connectivity index (χ2v) is 7.25. The van der Waals surface area contributed by atoms with Crippen molar-refractivity contribution in [2.45, 2.75) is 31.1 Å². The molecule has 0 saturated carbocycles. The van der Waals surface area contributed by atoms with E-state index in [2.05, 4.69) is 0 Å². The Morgan fingerprint density at radius 2 is 1.81 bits per heavy atom. The SMILES string of the molecule is O=C(O)C1CCCN1C(c1cccc(C(F)(F)F)c1)c1ccc(Cl)c(Cl)c1. The maximum Gasteiger partial charge on any atom is 0.416 e. The van der Waals surface area contributed by atoms with Crippen LogP contribution in [0.2, 0.25) is 10.0 Å². The minimum absolute atomic E-state index is 0.261. The number of carboxylic acids is 1. The van der Waals surface area contributed by atoms with E-state index in [9.17, 15) is 23.1 Å². The molecule has 0 spiro atoms. The molecular formula is C19H16Cl2F3NO2.